The van der Waals surface area contributed by atoms with Crippen molar-refractivity contribution in [1.82, 2.24) is 8.87 Å². The summed E-state index contributed by atoms with van der Waals surface area (Å²) in [6, 6.07) is 15.7. The van der Waals surface area contributed by atoms with E-state index in [1.54, 1.807) is 0 Å². The molecule has 0 radical (unpaired) electrons. The molecule has 0 saturated carbocycles. The average molecular weight is 472 g/mol. The van der Waals surface area contributed by atoms with E-state index in [-0.39, 0.29) is 11.3 Å². The number of para-hydroxylation sites is 1. The molecule has 1 aliphatic rings. The minimum atomic E-state index is -3.60. The molecule has 2 heterocycles. The van der Waals surface area contributed by atoms with Crippen molar-refractivity contribution in [1.29, 1.82) is 0 Å². The standard InChI is InChI=1S/C23H25N3O6S/c27-22(17-32-23(28)10-12-25-11-9-18-3-1-2-4-21(18)25)24-19-5-7-20(8-6-19)33(29,30)26-13-15-31-16-14-26/h1-9,11H,10,12-17H2,(H,24,27). The second kappa shape index (κ2) is 10.2. The molecule has 0 unspecified atom stereocenters. The number of rotatable bonds is 8. The maximum absolute atomic E-state index is 12.6. The van der Waals surface area contributed by atoms with Crippen LogP contribution < -0.4 is 5.32 Å². The third kappa shape index (κ3) is 5.59. The number of amides is 1. The summed E-state index contributed by atoms with van der Waals surface area (Å²) in [6.07, 6.45) is 2.05. The van der Waals surface area contributed by atoms with Crippen LogP contribution in [0.25, 0.3) is 10.9 Å². The average Bonchev–Trinajstić information content (AvgIpc) is 3.25. The smallest absolute Gasteiger partial charge is 0.308 e. The molecular formula is C23H25N3O6S. The zero-order chi connectivity index (χ0) is 23.3. The molecule has 33 heavy (non-hydrogen) atoms. The van der Waals surface area contributed by atoms with Crippen molar-refractivity contribution >= 4 is 38.5 Å². The van der Waals surface area contributed by atoms with Crippen LogP contribution in [0.4, 0.5) is 5.69 Å². The van der Waals surface area contributed by atoms with Crippen molar-refractivity contribution in [2.45, 2.75) is 17.9 Å². The lowest BCUT2D eigenvalue weighted by Crippen LogP contribution is -2.40. The number of morpholine rings is 1. The minimum Gasteiger partial charge on any atom is -0.456 e. The molecule has 1 fully saturated rings. The van der Waals surface area contributed by atoms with Crippen LogP contribution in [0.3, 0.4) is 0 Å². The van der Waals surface area contributed by atoms with E-state index in [4.69, 9.17) is 9.47 Å². The molecule has 1 aliphatic heterocycles. The summed E-state index contributed by atoms with van der Waals surface area (Å²) in [4.78, 5) is 24.3. The number of nitrogens with one attached hydrogen (secondary N) is 1. The fraction of sp³-hybridized carbons (Fsp3) is 0.304. The molecule has 174 valence electrons. The van der Waals surface area contributed by atoms with Crippen LogP contribution in [0.2, 0.25) is 0 Å². The SMILES string of the molecule is O=C(COC(=O)CCn1ccc2ccccc21)Nc1ccc(S(=O)(=O)N2CCOCC2)cc1. The lowest BCUT2D eigenvalue weighted by atomic mass is 10.2. The van der Waals surface area contributed by atoms with E-state index in [2.05, 4.69) is 5.32 Å². The van der Waals surface area contributed by atoms with Crippen LogP contribution in [0.15, 0.2) is 65.7 Å². The fourth-order valence-corrected chi connectivity index (χ4v) is 5.02. The number of hydrogen-bond donors (Lipinski definition) is 1. The van der Waals surface area contributed by atoms with Gasteiger partial charge in [0.25, 0.3) is 5.91 Å². The zero-order valence-electron chi connectivity index (χ0n) is 18.0. The Balaban J connectivity index is 1.24. The Hall–Kier alpha value is -3.21. The predicted molar refractivity (Wildman–Crippen MR) is 122 cm³/mol. The van der Waals surface area contributed by atoms with Gasteiger partial charge in [-0.15, -0.1) is 0 Å². The number of ether oxygens (including phenoxy) is 2. The molecule has 1 amide bonds. The maximum Gasteiger partial charge on any atom is 0.308 e. The Labute approximate surface area is 191 Å². The summed E-state index contributed by atoms with van der Waals surface area (Å²) in [5.41, 5.74) is 1.44. The summed E-state index contributed by atoms with van der Waals surface area (Å²) in [6.45, 7) is 1.40. The van der Waals surface area contributed by atoms with Gasteiger partial charge < -0.3 is 19.4 Å². The Kier molecular flexibility index (Phi) is 7.07. The van der Waals surface area contributed by atoms with Gasteiger partial charge in [-0.3, -0.25) is 9.59 Å². The van der Waals surface area contributed by atoms with Crippen molar-refractivity contribution in [3.05, 3.63) is 60.8 Å². The normalized spacial score (nSPS) is 14.8. The molecule has 0 spiro atoms. The van der Waals surface area contributed by atoms with Crippen LogP contribution in [0.1, 0.15) is 6.42 Å². The first-order valence-corrected chi connectivity index (χ1v) is 12.0. The number of anilines is 1. The van der Waals surface area contributed by atoms with Gasteiger partial charge in [-0.25, -0.2) is 8.42 Å². The van der Waals surface area contributed by atoms with Crippen molar-refractivity contribution in [3.63, 3.8) is 0 Å². The predicted octanol–water partition coefficient (Wildman–Crippen LogP) is 2.23. The van der Waals surface area contributed by atoms with Crippen LogP contribution >= 0.6 is 0 Å². The summed E-state index contributed by atoms with van der Waals surface area (Å²) in [5.74, 6) is -0.978. The second-order valence-corrected chi connectivity index (χ2v) is 9.51. The highest BCUT2D eigenvalue weighted by Crippen LogP contribution is 2.19. The van der Waals surface area contributed by atoms with Crippen LogP contribution in [0, 0.1) is 0 Å². The second-order valence-electron chi connectivity index (χ2n) is 7.57. The third-order valence-electron chi connectivity index (χ3n) is 5.35. The molecule has 4 rings (SSSR count). The third-order valence-corrected chi connectivity index (χ3v) is 7.26. The molecule has 2 aromatic carbocycles. The number of sulfonamides is 1. The Morgan fingerprint density at radius 1 is 1.00 bits per heavy atom. The number of nitrogens with zero attached hydrogens (tertiary/aromatic N) is 2. The molecular weight excluding hydrogens is 446 g/mol. The van der Waals surface area contributed by atoms with E-state index in [1.807, 2.05) is 41.1 Å². The quantitative estimate of drug-likeness (QED) is 0.505. The van der Waals surface area contributed by atoms with Gasteiger partial charge in [0.15, 0.2) is 6.61 Å². The fourth-order valence-electron chi connectivity index (χ4n) is 3.61. The summed E-state index contributed by atoms with van der Waals surface area (Å²) >= 11 is 0. The lowest BCUT2D eigenvalue weighted by Gasteiger charge is -2.26. The highest BCUT2D eigenvalue weighted by atomic mass is 32.2. The van der Waals surface area contributed by atoms with Crippen molar-refractivity contribution in [3.8, 4) is 0 Å². The number of carbonyl (C=O) groups excluding carboxylic acids is 2. The monoisotopic (exact) mass is 471 g/mol. The first-order valence-electron chi connectivity index (χ1n) is 10.6. The molecule has 3 aromatic rings. The van der Waals surface area contributed by atoms with Crippen LogP contribution in [-0.2, 0) is 35.6 Å². The van der Waals surface area contributed by atoms with Gasteiger partial charge in [0.05, 0.1) is 24.5 Å². The molecule has 1 saturated heterocycles. The van der Waals surface area contributed by atoms with Crippen LogP contribution in [0.5, 0.6) is 0 Å². The number of aryl methyl sites for hydroxylation is 1. The van der Waals surface area contributed by atoms with Gasteiger partial charge in [-0.2, -0.15) is 4.31 Å². The van der Waals surface area contributed by atoms with E-state index in [9.17, 15) is 18.0 Å². The van der Waals surface area contributed by atoms with Crippen molar-refractivity contribution in [2.75, 3.05) is 38.2 Å². The molecule has 0 atom stereocenters. The Morgan fingerprint density at radius 2 is 1.73 bits per heavy atom. The molecule has 1 N–H and O–H groups in total. The van der Waals surface area contributed by atoms with E-state index >= 15 is 0 Å². The number of carbonyl (C=O) groups is 2. The van der Waals surface area contributed by atoms with Gasteiger partial charge in [0.1, 0.15) is 0 Å². The largest absolute Gasteiger partial charge is 0.456 e. The Bertz CT molecular complexity index is 1230. The number of hydrogen-bond acceptors (Lipinski definition) is 6. The first kappa shape index (κ1) is 23.0. The molecule has 9 nitrogen and oxygen atoms in total. The number of aromatic nitrogens is 1. The number of fused-ring (bicyclic) bond motifs is 1. The lowest BCUT2D eigenvalue weighted by molar-refractivity contribution is -0.147. The van der Waals surface area contributed by atoms with Crippen molar-refractivity contribution < 1.29 is 27.5 Å². The first-order chi connectivity index (χ1) is 15.9. The Morgan fingerprint density at radius 3 is 2.48 bits per heavy atom. The van der Waals surface area contributed by atoms with E-state index in [0.29, 0.717) is 38.5 Å². The molecule has 0 aliphatic carbocycles. The summed E-state index contributed by atoms with van der Waals surface area (Å²) in [7, 11) is -3.60. The molecule has 0 bridgehead atoms. The van der Waals surface area contributed by atoms with Gasteiger partial charge >= 0.3 is 5.97 Å². The molecule has 1 aromatic heterocycles. The van der Waals surface area contributed by atoms with Gasteiger partial charge in [-0.05, 0) is 41.8 Å². The van der Waals surface area contributed by atoms with Gasteiger partial charge in [-0.1, -0.05) is 18.2 Å². The highest BCUT2D eigenvalue weighted by molar-refractivity contribution is 7.89. The topological polar surface area (TPSA) is 107 Å². The van der Waals surface area contributed by atoms with Gasteiger partial charge in [0, 0.05) is 37.0 Å². The van der Waals surface area contributed by atoms with Crippen LogP contribution in [-0.4, -0.2) is 62.1 Å². The number of benzene rings is 2. The van der Waals surface area contributed by atoms with E-state index in [0.717, 1.165) is 10.9 Å². The molecule has 10 heteroatoms. The summed E-state index contributed by atoms with van der Waals surface area (Å²) in [5, 5.41) is 3.69. The minimum absolute atomic E-state index is 0.139. The van der Waals surface area contributed by atoms with Gasteiger partial charge in [0.2, 0.25) is 10.0 Å². The van der Waals surface area contributed by atoms with E-state index in [1.165, 1.54) is 28.6 Å². The maximum atomic E-state index is 12.6. The number of esters is 1. The zero-order valence-corrected chi connectivity index (χ0v) is 18.8. The summed E-state index contributed by atoms with van der Waals surface area (Å²) < 4.78 is 38.9. The van der Waals surface area contributed by atoms with E-state index < -0.39 is 28.5 Å². The highest BCUT2D eigenvalue weighted by Gasteiger charge is 2.26. The van der Waals surface area contributed by atoms with Crippen molar-refractivity contribution in [2.24, 2.45) is 0 Å².